The van der Waals surface area contributed by atoms with Crippen LogP contribution in [0.4, 0.5) is 5.69 Å². The molecule has 31 heavy (non-hydrogen) atoms. The Kier molecular flexibility index (Phi) is 6.55. The van der Waals surface area contributed by atoms with Gasteiger partial charge >= 0.3 is 0 Å². The van der Waals surface area contributed by atoms with Gasteiger partial charge in [0.15, 0.2) is 0 Å². The first-order chi connectivity index (χ1) is 14.9. The fraction of sp³-hybridized carbons (Fsp3) is 0.375. The van der Waals surface area contributed by atoms with Crippen molar-refractivity contribution in [3.05, 3.63) is 65.7 Å². The number of rotatable bonds is 6. The Morgan fingerprint density at radius 2 is 1.71 bits per heavy atom. The van der Waals surface area contributed by atoms with Gasteiger partial charge in [-0.1, -0.05) is 42.5 Å². The topological polar surface area (TPSA) is 60.9 Å². The average molecular weight is 440 g/mol. The fourth-order valence-electron chi connectivity index (χ4n) is 4.20. The predicted molar refractivity (Wildman–Crippen MR) is 123 cm³/mol. The molecule has 0 bridgehead atoms. The molecule has 0 unspecified atom stereocenters. The Hall–Kier alpha value is -2.48. The lowest BCUT2D eigenvalue weighted by Gasteiger charge is -2.33. The molecule has 0 spiro atoms. The minimum absolute atomic E-state index is 0.108. The van der Waals surface area contributed by atoms with Crippen molar-refractivity contribution >= 4 is 27.7 Å². The van der Waals surface area contributed by atoms with Gasteiger partial charge in [-0.05, 0) is 42.7 Å². The second-order valence-electron chi connectivity index (χ2n) is 8.11. The number of anilines is 1. The summed E-state index contributed by atoms with van der Waals surface area (Å²) in [4.78, 5) is 16.4. The van der Waals surface area contributed by atoms with Crippen LogP contribution in [0.1, 0.15) is 24.0 Å². The maximum Gasteiger partial charge on any atom is 0.243 e. The zero-order valence-corrected chi connectivity index (χ0v) is 18.7. The van der Waals surface area contributed by atoms with Crippen LogP contribution in [0.25, 0.3) is 6.08 Å². The first-order valence-corrected chi connectivity index (χ1v) is 12.2. The highest BCUT2D eigenvalue weighted by molar-refractivity contribution is 7.89. The lowest BCUT2D eigenvalue weighted by molar-refractivity contribution is -0.117. The Balaban J connectivity index is 1.37. The van der Waals surface area contributed by atoms with Crippen molar-refractivity contribution in [1.29, 1.82) is 0 Å². The van der Waals surface area contributed by atoms with Gasteiger partial charge in [-0.3, -0.25) is 9.69 Å². The molecule has 4 rings (SSSR count). The quantitative estimate of drug-likeness (QED) is 0.694. The monoisotopic (exact) mass is 439 g/mol. The first-order valence-electron chi connectivity index (χ1n) is 10.8. The minimum atomic E-state index is -3.54. The summed E-state index contributed by atoms with van der Waals surface area (Å²) in [5, 5.41) is 0. The van der Waals surface area contributed by atoms with Crippen molar-refractivity contribution < 1.29 is 13.2 Å². The van der Waals surface area contributed by atoms with Crippen LogP contribution >= 0.6 is 0 Å². The van der Waals surface area contributed by atoms with Gasteiger partial charge in [0.2, 0.25) is 15.9 Å². The Labute approximate surface area is 184 Å². The molecular weight excluding hydrogens is 410 g/mol. The van der Waals surface area contributed by atoms with Crippen LogP contribution in [-0.4, -0.2) is 62.8 Å². The van der Waals surface area contributed by atoms with E-state index in [9.17, 15) is 13.2 Å². The Bertz CT molecular complexity index is 1060. The lowest BCUT2D eigenvalue weighted by atomic mass is 10.2. The van der Waals surface area contributed by atoms with Crippen molar-refractivity contribution in [2.75, 3.05) is 44.2 Å². The average Bonchev–Trinajstić information content (AvgIpc) is 3.20. The standard InChI is InChI=1S/C24H29N3O3S/c1-20-19-22(11-12-23(20)27-14-6-10-24(27)28)31(29,30)26-17-15-25(16-18-26)13-5-9-21-7-3-2-4-8-21/h2-5,7-9,11-12,19H,6,10,13-18H2,1H3/b9-5+. The molecule has 1 amide bonds. The van der Waals surface area contributed by atoms with Crippen LogP contribution in [0, 0.1) is 6.92 Å². The molecule has 2 aliphatic heterocycles. The Morgan fingerprint density at radius 1 is 0.968 bits per heavy atom. The van der Waals surface area contributed by atoms with Crippen molar-refractivity contribution in [3.8, 4) is 0 Å². The molecule has 0 radical (unpaired) electrons. The van der Waals surface area contributed by atoms with Gasteiger partial charge in [-0.15, -0.1) is 0 Å². The fourth-order valence-corrected chi connectivity index (χ4v) is 5.71. The van der Waals surface area contributed by atoms with Crippen molar-refractivity contribution in [2.45, 2.75) is 24.7 Å². The summed E-state index contributed by atoms with van der Waals surface area (Å²) in [5.41, 5.74) is 2.80. The van der Waals surface area contributed by atoms with Crippen molar-refractivity contribution in [3.63, 3.8) is 0 Å². The van der Waals surface area contributed by atoms with Gasteiger partial charge in [0.05, 0.1) is 4.90 Å². The third kappa shape index (κ3) is 4.89. The van der Waals surface area contributed by atoms with Crippen LogP contribution in [0.15, 0.2) is 59.5 Å². The molecular formula is C24H29N3O3S. The van der Waals surface area contributed by atoms with Crippen LogP contribution < -0.4 is 4.90 Å². The second kappa shape index (κ2) is 9.34. The van der Waals surface area contributed by atoms with Gasteiger partial charge in [0.25, 0.3) is 0 Å². The van der Waals surface area contributed by atoms with E-state index >= 15 is 0 Å². The van der Waals surface area contributed by atoms with Gasteiger partial charge < -0.3 is 4.90 Å². The smallest absolute Gasteiger partial charge is 0.243 e. The highest BCUT2D eigenvalue weighted by Gasteiger charge is 2.29. The summed E-state index contributed by atoms with van der Waals surface area (Å²) in [7, 11) is -3.54. The van der Waals surface area contributed by atoms with E-state index in [1.165, 1.54) is 0 Å². The molecule has 2 aromatic rings. The van der Waals surface area contributed by atoms with Gasteiger partial charge in [-0.2, -0.15) is 4.31 Å². The van der Waals surface area contributed by atoms with Gasteiger partial charge in [0, 0.05) is 51.4 Å². The summed E-state index contributed by atoms with van der Waals surface area (Å²) in [6.45, 7) is 5.75. The number of sulfonamides is 1. The molecule has 2 aliphatic rings. The van der Waals surface area contributed by atoms with E-state index in [1.54, 1.807) is 27.4 Å². The number of benzene rings is 2. The maximum atomic E-state index is 13.2. The second-order valence-corrected chi connectivity index (χ2v) is 10.1. The molecule has 164 valence electrons. The molecule has 0 aliphatic carbocycles. The van der Waals surface area contributed by atoms with E-state index < -0.39 is 10.0 Å². The van der Waals surface area contributed by atoms with E-state index in [4.69, 9.17) is 0 Å². The molecule has 0 aromatic heterocycles. The van der Waals surface area contributed by atoms with E-state index in [2.05, 4.69) is 29.2 Å². The van der Waals surface area contributed by atoms with Gasteiger partial charge in [-0.25, -0.2) is 8.42 Å². The molecule has 0 atom stereocenters. The molecule has 2 aromatic carbocycles. The molecule has 0 saturated carbocycles. The minimum Gasteiger partial charge on any atom is -0.312 e. The van der Waals surface area contributed by atoms with E-state index in [0.717, 1.165) is 29.8 Å². The predicted octanol–water partition coefficient (Wildman–Crippen LogP) is 3.14. The third-order valence-corrected chi connectivity index (χ3v) is 7.87. The zero-order valence-electron chi connectivity index (χ0n) is 17.9. The molecule has 2 fully saturated rings. The SMILES string of the molecule is Cc1cc(S(=O)(=O)N2CCN(C/C=C/c3ccccc3)CC2)ccc1N1CCCC1=O. The van der Waals surface area contributed by atoms with Crippen molar-refractivity contribution in [2.24, 2.45) is 0 Å². The lowest BCUT2D eigenvalue weighted by Crippen LogP contribution is -2.48. The highest BCUT2D eigenvalue weighted by Crippen LogP contribution is 2.28. The number of piperazine rings is 1. The highest BCUT2D eigenvalue weighted by atomic mass is 32.2. The summed E-state index contributed by atoms with van der Waals surface area (Å²) < 4.78 is 27.9. The number of carbonyl (C=O) groups excluding carboxylic acids is 1. The first kappa shape index (κ1) is 21.7. The number of aryl methyl sites for hydroxylation is 1. The van der Waals surface area contributed by atoms with Crippen LogP contribution in [-0.2, 0) is 14.8 Å². The zero-order chi connectivity index (χ0) is 21.8. The summed E-state index contributed by atoms with van der Waals surface area (Å²) in [6, 6.07) is 15.3. The maximum absolute atomic E-state index is 13.2. The van der Waals surface area contributed by atoms with E-state index in [0.29, 0.717) is 44.0 Å². The summed E-state index contributed by atoms with van der Waals surface area (Å²) in [5.74, 6) is 0.108. The molecule has 2 heterocycles. The molecule has 7 heteroatoms. The number of hydrogen-bond acceptors (Lipinski definition) is 4. The Morgan fingerprint density at radius 3 is 2.35 bits per heavy atom. The van der Waals surface area contributed by atoms with Crippen LogP contribution in [0.5, 0.6) is 0 Å². The van der Waals surface area contributed by atoms with Crippen molar-refractivity contribution in [1.82, 2.24) is 9.21 Å². The normalized spacial score (nSPS) is 18.9. The van der Waals surface area contributed by atoms with Crippen LogP contribution in [0.3, 0.4) is 0 Å². The van der Waals surface area contributed by atoms with E-state index in [1.807, 2.05) is 25.1 Å². The number of hydrogen-bond donors (Lipinski definition) is 0. The summed E-state index contributed by atoms with van der Waals surface area (Å²) >= 11 is 0. The number of nitrogens with zero attached hydrogens (tertiary/aromatic N) is 3. The van der Waals surface area contributed by atoms with E-state index in [-0.39, 0.29) is 5.91 Å². The third-order valence-electron chi connectivity index (χ3n) is 5.97. The molecule has 0 N–H and O–H groups in total. The molecule has 6 nitrogen and oxygen atoms in total. The summed E-state index contributed by atoms with van der Waals surface area (Å²) in [6.07, 6.45) is 5.63. The number of amides is 1. The largest absolute Gasteiger partial charge is 0.312 e. The van der Waals surface area contributed by atoms with Crippen LogP contribution in [0.2, 0.25) is 0 Å². The van der Waals surface area contributed by atoms with Gasteiger partial charge in [0.1, 0.15) is 0 Å². The molecule has 2 saturated heterocycles. The number of carbonyl (C=O) groups is 1.